The van der Waals surface area contributed by atoms with E-state index < -0.39 is 10.4 Å². The fraction of sp³-hybridized carbons (Fsp3) is 0.0800. The number of pyridine rings is 2. The third-order valence-corrected chi connectivity index (χ3v) is 5.46. The summed E-state index contributed by atoms with van der Waals surface area (Å²) in [6, 6.07) is 14.9. The van der Waals surface area contributed by atoms with Crippen molar-refractivity contribution in [3.8, 4) is 22.5 Å². The largest absolute Gasteiger partial charge is 0.619 e. The third-order valence-electron chi connectivity index (χ3n) is 5.46. The molecule has 0 aliphatic rings. The van der Waals surface area contributed by atoms with Crippen LogP contribution in [-0.2, 0) is 10.4 Å². The molecule has 0 radical (unpaired) electrons. The molecule has 200 valence electrons. The Morgan fingerprint density at radius 2 is 1.79 bits per heavy atom. The number of fused-ring (bicyclic) bond motifs is 1. The number of imidazole rings is 1. The topological polar surface area (TPSA) is 174 Å². The molecule has 0 aliphatic carbocycles. The first-order chi connectivity index (χ1) is 18.4. The van der Waals surface area contributed by atoms with Gasteiger partial charge in [-0.2, -0.15) is 18.2 Å². The number of rotatable bonds is 4. The molecule has 3 N–H and O–H groups in total. The van der Waals surface area contributed by atoms with Crippen molar-refractivity contribution in [1.29, 1.82) is 0 Å². The second kappa shape index (κ2) is 10.9. The highest BCUT2D eigenvalue weighted by molar-refractivity contribution is 7.79. The van der Waals surface area contributed by atoms with E-state index in [-0.39, 0.29) is 11.7 Å². The van der Waals surface area contributed by atoms with Crippen molar-refractivity contribution in [3.63, 3.8) is 0 Å². The maximum atomic E-state index is 13.9. The first kappa shape index (κ1) is 27.3. The van der Waals surface area contributed by atoms with Crippen molar-refractivity contribution in [2.45, 2.75) is 13.8 Å². The average molecular weight is 553 g/mol. The van der Waals surface area contributed by atoms with Gasteiger partial charge < -0.3 is 10.5 Å². The Bertz CT molecular complexity index is 1800. The molecule has 0 saturated carbocycles. The average Bonchev–Trinajstić information content (AvgIpc) is 3.26. The summed E-state index contributed by atoms with van der Waals surface area (Å²) in [5.74, 6) is -0.357. The van der Waals surface area contributed by atoms with Gasteiger partial charge in [0.15, 0.2) is 17.5 Å². The number of aryl methyl sites for hydroxylation is 2. The number of amides is 1. The summed E-state index contributed by atoms with van der Waals surface area (Å²) in [6.45, 7) is 3.32. The normalized spacial score (nSPS) is 11.1. The summed E-state index contributed by atoms with van der Waals surface area (Å²) < 4.78 is 47.9. The highest BCUT2D eigenvalue weighted by Gasteiger charge is 2.19. The van der Waals surface area contributed by atoms with E-state index in [4.69, 9.17) is 22.5 Å². The van der Waals surface area contributed by atoms with Crippen LogP contribution in [0.5, 0.6) is 0 Å². The maximum absolute atomic E-state index is 13.9. The Balaban J connectivity index is 0.000000648. The van der Waals surface area contributed by atoms with Gasteiger partial charge in [0.25, 0.3) is 5.91 Å². The van der Waals surface area contributed by atoms with Crippen LogP contribution in [0.2, 0.25) is 0 Å². The lowest BCUT2D eigenvalue weighted by atomic mass is 10.0. The summed E-state index contributed by atoms with van der Waals surface area (Å²) in [5.41, 5.74) is 4.66. The SMILES string of the molecule is Cc1cc(-c2nc3cccnn3c2-c2ccnc(NC(=O)c3cc[n+]([O-])c(C)c3)c2)ccc1F.O=S(=O)(O)O. The highest BCUT2D eigenvalue weighted by atomic mass is 32.3. The minimum Gasteiger partial charge on any atom is -0.619 e. The second-order valence-corrected chi connectivity index (χ2v) is 9.18. The first-order valence-corrected chi connectivity index (χ1v) is 12.6. The highest BCUT2D eigenvalue weighted by Crippen LogP contribution is 2.33. The number of benzene rings is 1. The van der Waals surface area contributed by atoms with E-state index in [2.05, 4.69) is 15.4 Å². The van der Waals surface area contributed by atoms with Gasteiger partial charge in [-0.1, -0.05) is 0 Å². The zero-order valence-corrected chi connectivity index (χ0v) is 21.3. The van der Waals surface area contributed by atoms with Crippen molar-refractivity contribution in [1.82, 2.24) is 19.6 Å². The minimum atomic E-state index is -4.67. The molecule has 5 rings (SSSR count). The van der Waals surface area contributed by atoms with Crippen LogP contribution < -0.4 is 10.0 Å². The van der Waals surface area contributed by atoms with Crippen LogP contribution in [0.25, 0.3) is 28.2 Å². The van der Waals surface area contributed by atoms with E-state index in [9.17, 15) is 14.4 Å². The Hall–Kier alpha value is -4.79. The lowest BCUT2D eigenvalue weighted by Crippen LogP contribution is -2.30. The molecule has 39 heavy (non-hydrogen) atoms. The summed E-state index contributed by atoms with van der Waals surface area (Å²) >= 11 is 0. The number of aromatic nitrogens is 5. The monoisotopic (exact) mass is 552 g/mol. The zero-order valence-electron chi connectivity index (χ0n) is 20.5. The number of halogens is 1. The molecule has 0 fully saturated rings. The van der Waals surface area contributed by atoms with Gasteiger partial charge in [0.05, 0.1) is 11.3 Å². The molecule has 0 spiro atoms. The number of hydrogen-bond acceptors (Lipinski definition) is 7. The van der Waals surface area contributed by atoms with E-state index in [1.807, 2.05) is 6.07 Å². The molecule has 0 aliphatic heterocycles. The molecule has 14 heteroatoms. The van der Waals surface area contributed by atoms with Gasteiger partial charge in [-0.15, -0.1) is 0 Å². The lowest BCUT2D eigenvalue weighted by Gasteiger charge is -2.09. The molecular formula is C25H21FN6O6S. The molecule has 1 aromatic carbocycles. The van der Waals surface area contributed by atoms with Gasteiger partial charge in [-0.05, 0) is 55.0 Å². The summed E-state index contributed by atoms with van der Waals surface area (Å²) in [6.07, 6.45) is 4.52. The van der Waals surface area contributed by atoms with Crippen LogP contribution >= 0.6 is 0 Å². The fourth-order valence-electron chi connectivity index (χ4n) is 3.72. The van der Waals surface area contributed by atoms with Crippen molar-refractivity contribution < 1.29 is 31.4 Å². The van der Waals surface area contributed by atoms with E-state index in [1.54, 1.807) is 61.1 Å². The van der Waals surface area contributed by atoms with Crippen molar-refractivity contribution in [3.05, 3.63) is 101 Å². The van der Waals surface area contributed by atoms with Gasteiger partial charge in [0, 0.05) is 42.6 Å². The number of anilines is 1. The van der Waals surface area contributed by atoms with Gasteiger partial charge in [-0.25, -0.2) is 18.9 Å². The van der Waals surface area contributed by atoms with Gasteiger partial charge in [0.2, 0.25) is 0 Å². The Labute approximate surface area is 221 Å². The number of nitrogens with one attached hydrogen (secondary N) is 1. The third kappa shape index (κ3) is 6.56. The number of carbonyl (C=O) groups excluding carboxylic acids is 1. The zero-order chi connectivity index (χ0) is 28.3. The van der Waals surface area contributed by atoms with Crippen LogP contribution in [0.1, 0.15) is 21.6 Å². The van der Waals surface area contributed by atoms with E-state index in [1.165, 1.54) is 24.4 Å². The van der Waals surface area contributed by atoms with Gasteiger partial charge in [-0.3, -0.25) is 13.9 Å². The first-order valence-electron chi connectivity index (χ1n) is 11.2. The number of nitrogens with zero attached hydrogens (tertiary/aromatic N) is 5. The molecule has 4 aromatic heterocycles. The predicted octanol–water partition coefficient (Wildman–Crippen LogP) is 3.45. The summed E-state index contributed by atoms with van der Waals surface area (Å²) in [4.78, 5) is 21.7. The maximum Gasteiger partial charge on any atom is 0.394 e. The number of hydrogen-bond donors (Lipinski definition) is 3. The van der Waals surface area contributed by atoms with Crippen LogP contribution in [0.4, 0.5) is 10.2 Å². The smallest absolute Gasteiger partial charge is 0.394 e. The Kier molecular flexibility index (Phi) is 7.62. The lowest BCUT2D eigenvalue weighted by molar-refractivity contribution is -0.612. The van der Waals surface area contributed by atoms with Crippen LogP contribution in [0, 0.1) is 24.9 Å². The standard InChI is InChI=1S/C25H19FN6O2.H2O4S/c1-15-12-17(5-6-20(15)26)23-24(32-22(30-23)4-3-9-28-32)18-7-10-27-21(14-18)29-25(33)19-8-11-31(34)16(2)13-19;1-5(2,3)4/h3-14H,1-2H3,(H,27,29,33);(H2,1,2,3,4). The predicted molar refractivity (Wildman–Crippen MR) is 139 cm³/mol. The van der Waals surface area contributed by atoms with E-state index in [0.29, 0.717) is 44.4 Å². The minimum absolute atomic E-state index is 0.292. The molecule has 0 saturated heterocycles. The molecule has 12 nitrogen and oxygen atoms in total. The van der Waals surface area contributed by atoms with E-state index in [0.717, 1.165) is 11.1 Å². The van der Waals surface area contributed by atoms with Crippen molar-refractivity contribution >= 4 is 27.8 Å². The van der Waals surface area contributed by atoms with E-state index >= 15 is 0 Å². The molecule has 0 atom stereocenters. The molecule has 5 aromatic rings. The van der Waals surface area contributed by atoms with Crippen molar-refractivity contribution in [2.24, 2.45) is 0 Å². The van der Waals surface area contributed by atoms with Crippen LogP contribution in [0.3, 0.4) is 0 Å². The molecule has 4 heterocycles. The quantitative estimate of drug-likeness (QED) is 0.171. The summed E-state index contributed by atoms with van der Waals surface area (Å²) in [7, 11) is -4.67. The van der Waals surface area contributed by atoms with Crippen LogP contribution in [0.15, 0.2) is 73.2 Å². The van der Waals surface area contributed by atoms with Crippen molar-refractivity contribution in [2.75, 3.05) is 5.32 Å². The Morgan fingerprint density at radius 1 is 1.05 bits per heavy atom. The molecular weight excluding hydrogens is 531 g/mol. The fourth-order valence-corrected chi connectivity index (χ4v) is 3.72. The van der Waals surface area contributed by atoms with Gasteiger partial charge >= 0.3 is 10.4 Å². The number of carbonyl (C=O) groups is 1. The second-order valence-electron chi connectivity index (χ2n) is 8.28. The molecule has 0 bridgehead atoms. The molecule has 1 amide bonds. The van der Waals surface area contributed by atoms with Crippen LogP contribution in [-0.4, -0.2) is 43.0 Å². The molecule has 0 unspecified atom stereocenters. The Morgan fingerprint density at radius 3 is 2.49 bits per heavy atom. The van der Waals surface area contributed by atoms with Gasteiger partial charge in [0.1, 0.15) is 17.3 Å². The summed E-state index contributed by atoms with van der Waals surface area (Å²) in [5, 5.41) is 18.8.